The Balaban J connectivity index is 1.80. The molecule has 2 heterocycles. The van der Waals surface area contributed by atoms with E-state index in [0.717, 1.165) is 22.5 Å². The van der Waals surface area contributed by atoms with Crippen molar-refractivity contribution in [3.8, 4) is 11.3 Å². The fraction of sp³-hybridized carbons (Fsp3) is 0.0714. The quantitative estimate of drug-likeness (QED) is 0.711. The highest BCUT2D eigenvalue weighted by molar-refractivity contribution is 5.80. The van der Waals surface area contributed by atoms with Crippen molar-refractivity contribution in [1.29, 1.82) is 0 Å². The molecule has 6 nitrogen and oxygen atoms in total. The van der Waals surface area contributed by atoms with Crippen molar-refractivity contribution >= 4 is 12.2 Å². The van der Waals surface area contributed by atoms with Gasteiger partial charge in [-0.1, -0.05) is 24.3 Å². The Morgan fingerprint density at radius 1 is 1.30 bits per heavy atom. The van der Waals surface area contributed by atoms with Gasteiger partial charge in [0.05, 0.1) is 36.3 Å². The zero-order valence-corrected chi connectivity index (χ0v) is 11.0. The number of nitrogen functional groups attached to an aromatic ring is 1. The predicted molar refractivity (Wildman–Crippen MR) is 78.4 cm³/mol. The van der Waals surface area contributed by atoms with Crippen LogP contribution in [0.15, 0.2) is 48.1 Å². The first-order valence-corrected chi connectivity index (χ1v) is 6.17. The molecule has 0 radical (unpaired) electrons. The topological polar surface area (TPSA) is 84.9 Å². The largest absolute Gasteiger partial charge is 0.368 e. The van der Waals surface area contributed by atoms with Crippen LogP contribution in [0.2, 0.25) is 0 Å². The SMILES string of the molecule is Cc1cn(N=Cc2ccc(-c3cnc[nH]3)cc2)c(N)n1. The number of nitrogens with zero attached hydrogens (tertiary/aromatic N) is 4. The van der Waals surface area contributed by atoms with Gasteiger partial charge >= 0.3 is 0 Å². The van der Waals surface area contributed by atoms with E-state index in [1.807, 2.05) is 31.2 Å². The summed E-state index contributed by atoms with van der Waals surface area (Å²) in [5, 5.41) is 4.27. The second kappa shape index (κ2) is 5.00. The molecule has 3 N–H and O–H groups in total. The van der Waals surface area contributed by atoms with Gasteiger partial charge < -0.3 is 10.7 Å². The first-order chi connectivity index (χ1) is 9.72. The van der Waals surface area contributed by atoms with E-state index in [1.54, 1.807) is 29.6 Å². The lowest BCUT2D eigenvalue weighted by atomic mass is 10.1. The maximum absolute atomic E-state index is 5.72. The van der Waals surface area contributed by atoms with Crippen LogP contribution in [-0.2, 0) is 0 Å². The van der Waals surface area contributed by atoms with Gasteiger partial charge in [-0.25, -0.2) is 14.6 Å². The molecule has 0 aliphatic rings. The number of nitrogens with two attached hydrogens (primary N) is 1. The van der Waals surface area contributed by atoms with Gasteiger partial charge in [-0.2, -0.15) is 5.10 Å². The number of nitrogens with one attached hydrogen (secondary N) is 1. The Labute approximate surface area is 116 Å². The number of aryl methyl sites for hydroxylation is 1. The molecule has 0 unspecified atom stereocenters. The van der Waals surface area contributed by atoms with E-state index >= 15 is 0 Å². The number of imidazole rings is 2. The van der Waals surface area contributed by atoms with Gasteiger partial charge in [-0.15, -0.1) is 0 Å². The Kier molecular flexibility index (Phi) is 3.04. The van der Waals surface area contributed by atoms with Crippen LogP contribution in [0.5, 0.6) is 0 Å². The highest BCUT2D eigenvalue weighted by atomic mass is 15.4. The van der Waals surface area contributed by atoms with Crippen LogP contribution < -0.4 is 5.73 Å². The number of anilines is 1. The van der Waals surface area contributed by atoms with E-state index < -0.39 is 0 Å². The summed E-state index contributed by atoms with van der Waals surface area (Å²) in [5.41, 5.74) is 9.62. The number of aromatic amines is 1. The molecule has 0 fully saturated rings. The molecule has 20 heavy (non-hydrogen) atoms. The average molecular weight is 266 g/mol. The smallest absolute Gasteiger partial charge is 0.221 e. The van der Waals surface area contributed by atoms with Gasteiger partial charge in [-0.05, 0) is 18.1 Å². The molecule has 0 amide bonds. The van der Waals surface area contributed by atoms with E-state index in [2.05, 4.69) is 20.1 Å². The molecule has 3 aromatic rings. The molecule has 0 aliphatic heterocycles. The fourth-order valence-electron chi connectivity index (χ4n) is 1.89. The molecule has 6 heteroatoms. The van der Waals surface area contributed by atoms with Crippen LogP contribution in [0.3, 0.4) is 0 Å². The summed E-state index contributed by atoms with van der Waals surface area (Å²) in [5.74, 6) is 0.382. The second-order valence-corrected chi connectivity index (χ2v) is 4.42. The Bertz CT molecular complexity index is 722. The minimum atomic E-state index is 0.382. The zero-order valence-electron chi connectivity index (χ0n) is 11.0. The summed E-state index contributed by atoms with van der Waals surface area (Å²) in [6, 6.07) is 7.99. The Morgan fingerprint density at radius 3 is 2.70 bits per heavy atom. The van der Waals surface area contributed by atoms with Crippen LogP contribution in [0, 0.1) is 6.92 Å². The summed E-state index contributed by atoms with van der Waals surface area (Å²) in [6.07, 6.45) is 6.98. The van der Waals surface area contributed by atoms with Crippen molar-refractivity contribution < 1.29 is 0 Å². The van der Waals surface area contributed by atoms with Crippen molar-refractivity contribution in [2.24, 2.45) is 5.10 Å². The van der Waals surface area contributed by atoms with Crippen molar-refractivity contribution in [2.45, 2.75) is 6.92 Å². The molecule has 100 valence electrons. The minimum Gasteiger partial charge on any atom is -0.368 e. The number of aromatic nitrogens is 4. The maximum Gasteiger partial charge on any atom is 0.221 e. The number of hydrogen-bond donors (Lipinski definition) is 2. The van der Waals surface area contributed by atoms with Gasteiger partial charge in [0.15, 0.2) is 0 Å². The van der Waals surface area contributed by atoms with Crippen molar-refractivity contribution in [3.63, 3.8) is 0 Å². The standard InChI is InChI=1S/C14H14N6/c1-10-8-20(14(15)19-10)18-6-11-2-4-12(5-3-11)13-7-16-9-17-13/h2-9H,1H3,(H2,15,19)(H,16,17). The number of H-pyrrole nitrogens is 1. The number of rotatable bonds is 3. The first-order valence-electron chi connectivity index (χ1n) is 6.17. The van der Waals surface area contributed by atoms with E-state index in [0.29, 0.717) is 5.95 Å². The maximum atomic E-state index is 5.72. The monoisotopic (exact) mass is 266 g/mol. The molecule has 0 bridgehead atoms. The summed E-state index contributed by atoms with van der Waals surface area (Å²) in [4.78, 5) is 11.2. The van der Waals surface area contributed by atoms with Crippen LogP contribution in [0.4, 0.5) is 5.95 Å². The minimum absolute atomic E-state index is 0.382. The number of hydrogen-bond acceptors (Lipinski definition) is 4. The average Bonchev–Trinajstić information content (AvgIpc) is 3.07. The van der Waals surface area contributed by atoms with Crippen LogP contribution in [0.1, 0.15) is 11.3 Å². The molecular formula is C14H14N6. The van der Waals surface area contributed by atoms with Crippen molar-refractivity contribution in [3.05, 3.63) is 54.2 Å². The van der Waals surface area contributed by atoms with Gasteiger partial charge in [0.25, 0.3) is 0 Å². The summed E-state index contributed by atoms with van der Waals surface area (Å²) >= 11 is 0. The fourth-order valence-corrected chi connectivity index (χ4v) is 1.89. The van der Waals surface area contributed by atoms with E-state index in [1.165, 1.54) is 0 Å². The van der Waals surface area contributed by atoms with Gasteiger partial charge in [0, 0.05) is 0 Å². The van der Waals surface area contributed by atoms with Gasteiger partial charge in [0.2, 0.25) is 5.95 Å². The van der Waals surface area contributed by atoms with E-state index in [4.69, 9.17) is 5.73 Å². The lowest BCUT2D eigenvalue weighted by Gasteiger charge is -1.99. The van der Waals surface area contributed by atoms with Crippen LogP contribution in [0.25, 0.3) is 11.3 Å². The Hall–Kier alpha value is -2.89. The molecule has 2 aromatic heterocycles. The highest BCUT2D eigenvalue weighted by Crippen LogP contribution is 2.15. The third kappa shape index (κ3) is 2.44. The zero-order chi connectivity index (χ0) is 13.9. The summed E-state index contributed by atoms with van der Waals surface area (Å²) < 4.78 is 1.55. The molecule has 0 aliphatic carbocycles. The second-order valence-electron chi connectivity index (χ2n) is 4.42. The van der Waals surface area contributed by atoms with Crippen LogP contribution in [-0.4, -0.2) is 25.8 Å². The molecule has 0 saturated heterocycles. The predicted octanol–water partition coefficient (Wildman–Crippen LogP) is 2.05. The molecular weight excluding hydrogens is 252 g/mol. The van der Waals surface area contributed by atoms with Gasteiger partial charge in [0.1, 0.15) is 0 Å². The summed E-state index contributed by atoms with van der Waals surface area (Å²) in [7, 11) is 0. The van der Waals surface area contributed by atoms with E-state index in [-0.39, 0.29) is 0 Å². The lowest BCUT2D eigenvalue weighted by Crippen LogP contribution is -1.96. The normalized spacial score (nSPS) is 11.2. The molecule has 0 spiro atoms. The van der Waals surface area contributed by atoms with Crippen molar-refractivity contribution in [1.82, 2.24) is 19.6 Å². The Morgan fingerprint density at radius 2 is 2.10 bits per heavy atom. The third-order valence-electron chi connectivity index (χ3n) is 2.89. The number of benzene rings is 1. The van der Waals surface area contributed by atoms with Crippen LogP contribution >= 0.6 is 0 Å². The molecule has 1 aromatic carbocycles. The van der Waals surface area contributed by atoms with Gasteiger partial charge in [-0.3, -0.25) is 0 Å². The lowest BCUT2D eigenvalue weighted by molar-refractivity contribution is 0.897. The first kappa shape index (κ1) is 12.2. The molecule has 0 atom stereocenters. The third-order valence-corrected chi connectivity index (χ3v) is 2.89. The van der Waals surface area contributed by atoms with E-state index in [9.17, 15) is 0 Å². The molecule has 0 saturated carbocycles. The molecule has 3 rings (SSSR count). The summed E-state index contributed by atoms with van der Waals surface area (Å²) in [6.45, 7) is 1.88. The highest BCUT2D eigenvalue weighted by Gasteiger charge is 2.00. The van der Waals surface area contributed by atoms with Crippen molar-refractivity contribution in [2.75, 3.05) is 5.73 Å².